The molecular weight excluding hydrogens is 176 g/mol. The van der Waals surface area contributed by atoms with E-state index in [1.807, 2.05) is 0 Å². The Morgan fingerprint density at radius 3 is 2.36 bits per heavy atom. The van der Waals surface area contributed by atoms with Crippen molar-refractivity contribution in [1.82, 2.24) is 0 Å². The predicted octanol–water partition coefficient (Wildman–Crippen LogP) is 3.70. The average Bonchev–Trinajstić information content (AvgIpc) is 2.19. The van der Waals surface area contributed by atoms with E-state index in [1.54, 1.807) is 0 Å². The summed E-state index contributed by atoms with van der Waals surface area (Å²) in [6, 6.07) is 0. The molecule has 1 saturated carbocycles. The molecule has 14 heavy (non-hydrogen) atoms. The Kier molecular flexibility index (Phi) is 4.90. The van der Waals surface area contributed by atoms with E-state index < -0.39 is 0 Å². The van der Waals surface area contributed by atoms with Gasteiger partial charge in [0.2, 0.25) is 0 Å². The second-order valence-electron chi connectivity index (χ2n) is 5.14. The fourth-order valence-electron chi connectivity index (χ4n) is 1.55. The van der Waals surface area contributed by atoms with E-state index in [9.17, 15) is 0 Å². The summed E-state index contributed by atoms with van der Waals surface area (Å²) in [6.45, 7) is 7.30. The van der Waals surface area contributed by atoms with Gasteiger partial charge in [-0.25, -0.2) is 9.78 Å². The molecule has 0 aromatic rings. The molecule has 0 N–H and O–H groups in total. The molecule has 0 atom stereocenters. The van der Waals surface area contributed by atoms with Gasteiger partial charge in [-0.15, -0.1) is 0 Å². The van der Waals surface area contributed by atoms with Gasteiger partial charge in [0, 0.05) is 0 Å². The van der Waals surface area contributed by atoms with Crippen LogP contribution in [-0.4, -0.2) is 12.7 Å². The maximum absolute atomic E-state index is 5.42. The van der Waals surface area contributed by atoms with Crippen LogP contribution in [0.1, 0.15) is 59.3 Å². The molecule has 1 aliphatic rings. The zero-order valence-electron chi connectivity index (χ0n) is 9.84. The van der Waals surface area contributed by atoms with Crippen molar-refractivity contribution >= 4 is 0 Å². The Bertz CT molecular complexity index is 148. The summed E-state index contributed by atoms with van der Waals surface area (Å²) in [5, 5.41) is 0. The van der Waals surface area contributed by atoms with E-state index in [0.29, 0.717) is 12.7 Å². The number of hydrogen-bond donors (Lipinski definition) is 0. The van der Waals surface area contributed by atoms with Gasteiger partial charge < -0.3 is 0 Å². The summed E-state index contributed by atoms with van der Waals surface area (Å²) >= 11 is 0. The Morgan fingerprint density at radius 1 is 1.14 bits per heavy atom. The van der Waals surface area contributed by atoms with E-state index in [2.05, 4.69) is 20.8 Å². The third kappa shape index (κ3) is 4.43. The van der Waals surface area contributed by atoms with Crippen molar-refractivity contribution in [2.75, 3.05) is 6.61 Å². The molecule has 0 heterocycles. The fraction of sp³-hybridized carbons (Fsp3) is 1.00. The van der Waals surface area contributed by atoms with Crippen molar-refractivity contribution in [2.24, 2.45) is 5.41 Å². The second kappa shape index (κ2) is 5.72. The van der Waals surface area contributed by atoms with Gasteiger partial charge in [0.25, 0.3) is 0 Å². The SMILES string of the molecule is CCC(C)(C)COOC1CCCCC1. The lowest BCUT2D eigenvalue weighted by molar-refractivity contribution is -0.339. The molecule has 0 radical (unpaired) electrons. The Hall–Kier alpha value is -0.0800. The molecule has 0 bridgehead atoms. The van der Waals surface area contributed by atoms with Crippen LogP contribution in [0, 0.1) is 5.41 Å². The second-order valence-corrected chi connectivity index (χ2v) is 5.14. The van der Waals surface area contributed by atoms with Gasteiger partial charge in [0.15, 0.2) is 0 Å². The lowest BCUT2D eigenvalue weighted by Gasteiger charge is -2.25. The highest BCUT2D eigenvalue weighted by atomic mass is 17.2. The van der Waals surface area contributed by atoms with Crippen LogP contribution in [0.25, 0.3) is 0 Å². The van der Waals surface area contributed by atoms with Crippen LogP contribution in [0.4, 0.5) is 0 Å². The molecule has 0 spiro atoms. The molecule has 0 aromatic heterocycles. The summed E-state index contributed by atoms with van der Waals surface area (Å²) in [6.07, 6.45) is 7.79. The van der Waals surface area contributed by atoms with Crippen molar-refractivity contribution < 1.29 is 9.78 Å². The van der Waals surface area contributed by atoms with Gasteiger partial charge in [-0.1, -0.05) is 40.0 Å². The van der Waals surface area contributed by atoms with Crippen LogP contribution < -0.4 is 0 Å². The van der Waals surface area contributed by atoms with Gasteiger partial charge in [-0.2, -0.15) is 0 Å². The minimum atomic E-state index is 0.245. The van der Waals surface area contributed by atoms with Crippen molar-refractivity contribution in [2.45, 2.75) is 65.4 Å². The summed E-state index contributed by atoms with van der Waals surface area (Å²) in [5.41, 5.74) is 0.245. The minimum absolute atomic E-state index is 0.245. The van der Waals surface area contributed by atoms with Crippen molar-refractivity contribution in [3.05, 3.63) is 0 Å². The summed E-state index contributed by atoms with van der Waals surface area (Å²) in [4.78, 5) is 10.7. The van der Waals surface area contributed by atoms with Crippen LogP contribution >= 0.6 is 0 Å². The van der Waals surface area contributed by atoms with Gasteiger partial charge in [-0.05, 0) is 24.7 Å². The highest BCUT2D eigenvalue weighted by molar-refractivity contribution is 4.65. The highest BCUT2D eigenvalue weighted by Crippen LogP contribution is 2.23. The molecule has 0 saturated heterocycles. The molecule has 0 aromatic carbocycles. The smallest absolute Gasteiger partial charge is 0.0930 e. The normalized spacial score (nSPS) is 19.9. The third-order valence-corrected chi connectivity index (χ3v) is 3.16. The van der Waals surface area contributed by atoms with Gasteiger partial charge >= 0.3 is 0 Å². The molecule has 1 fully saturated rings. The lowest BCUT2D eigenvalue weighted by atomic mass is 9.92. The molecular formula is C12H24O2. The monoisotopic (exact) mass is 200 g/mol. The molecule has 84 valence electrons. The summed E-state index contributed by atoms with van der Waals surface area (Å²) in [5.74, 6) is 0. The first-order chi connectivity index (χ1) is 6.64. The Morgan fingerprint density at radius 2 is 1.79 bits per heavy atom. The van der Waals surface area contributed by atoms with Crippen molar-refractivity contribution in [1.29, 1.82) is 0 Å². The van der Waals surface area contributed by atoms with Gasteiger partial charge in [0.1, 0.15) is 0 Å². The lowest BCUT2D eigenvalue weighted by Crippen LogP contribution is -2.22. The first-order valence-electron chi connectivity index (χ1n) is 5.92. The van der Waals surface area contributed by atoms with Crippen LogP contribution in [0.15, 0.2) is 0 Å². The first kappa shape index (κ1) is 12.0. The van der Waals surface area contributed by atoms with Gasteiger partial charge in [-0.3, -0.25) is 0 Å². The highest BCUT2D eigenvalue weighted by Gasteiger charge is 2.19. The molecule has 2 nitrogen and oxygen atoms in total. The maximum Gasteiger partial charge on any atom is 0.0930 e. The molecule has 0 amide bonds. The van der Waals surface area contributed by atoms with Crippen molar-refractivity contribution in [3.63, 3.8) is 0 Å². The van der Waals surface area contributed by atoms with Crippen molar-refractivity contribution in [3.8, 4) is 0 Å². The van der Waals surface area contributed by atoms with E-state index in [-0.39, 0.29) is 5.41 Å². The van der Waals surface area contributed by atoms with Crippen LogP contribution in [0.5, 0.6) is 0 Å². The van der Waals surface area contributed by atoms with E-state index in [1.165, 1.54) is 32.1 Å². The number of hydrogen-bond acceptors (Lipinski definition) is 2. The van der Waals surface area contributed by atoms with E-state index in [4.69, 9.17) is 9.78 Å². The summed E-state index contributed by atoms with van der Waals surface area (Å²) < 4.78 is 0. The maximum atomic E-state index is 5.42. The fourth-order valence-corrected chi connectivity index (χ4v) is 1.55. The average molecular weight is 200 g/mol. The standard InChI is InChI=1S/C12H24O2/c1-4-12(2,3)10-13-14-11-8-6-5-7-9-11/h11H,4-10H2,1-3H3. The Balaban J connectivity index is 2.08. The molecule has 1 rings (SSSR count). The van der Waals surface area contributed by atoms with E-state index in [0.717, 1.165) is 6.42 Å². The van der Waals surface area contributed by atoms with Crippen LogP contribution in [0.2, 0.25) is 0 Å². The number of rotatable bonds is 5. The first-order valence-corrected chi connectivity index (χ1v) is 5.92. The third-order valence-electron chi connectivity index (χ3n) is 3.16. The van der Waals surface area contributed by atoms with Crippen LogP contribution in [-0.2, 0) is 9.78 Å². The van der Waals surface area contributed by atoms with E-state index >= 15 is 0 Å². The topological polar surface area (TPSA) is 18.5 Å². The summed E-state index contributed by atoms with van der Waals surface area (Å²) in [7, 11) is 0. The molecule has 0 aliphatic heterocycles. The predicted molar refractivity (Wildman–Crippen MR) is 58.0 cm³/mol. The zero-order chi connectivity index (χ0) is 10.4. The molecule has 2 heteroatoms. The van der Waals surface area contributed by atoms with Gasteiger partial charge in [0.05, 0.1) is 12.7 Å². The quantitative estimate of drug-likeness (QED) is 0.497. The molecule has 1 aliphatic carbocycles. The minimum Gasteiger partial charge on any atom is -0.236 e. The molecule has 0 unspecified atom stereocenters. The largest absolute Gasteiger partial charge is 0.236 e. The Labute approximate surface area is 87.9 Å². The van der Waals surface area contributed by atoms with Crippen LogP contribution in [0.3, 0.4) is 0 Å². The zero-order valence-corrected chi connectivity index (χ0v) is 9.84.